The van der Waals surface area contributed by atoms with Gasteiger partial charge < -0.3 is 5.11 Å². The summed E-state index contributed by atoms with van der Waals surface area (Å²) in [7, 11) is 0. The molecule has 2 unspecified atom stereocenters. The second-order valence-electron chi connectivity index (χ2n) is 8.94. The van der Waals surface area contributed by atoms with Crippen LogP contribution in [0, 0.1) is 23.7 Å². The van der Waals surface area contributed by atoms with Crippen molar-refractivity contribution in [2.75, 3.05) is 0 Å². The van der Waals surface area contributed by atoms with Crippen LogP contribution in [-0.4, -0.2) is 5.11 Å². The van der Waals surface area contributed by atoms with Crippen molar-refractivity contribution in [1.82, 2.24) is 0 Å². The summed E-state index contributed by atoms with van der Waals surface area (Å²) in [5.41, 5.74) is 1.09. The molecule has 1 heteroatoms. The third-order valence-electron chi connectivity index (χ3n) is 6.47. The van der Waals surface area contributed by atoms with Crippen LogP contribution in [0.3, 0.4) is 0 Å². The quantitative estimate of drug-likeness (QED) is 0.198. The van der Waals surface area contributed by atoms with Gasteiger partial charge in [-0.1, -0.05) is 116 Å². The van der Waals surface area contributed by atoms with Crippen molar-refractivity contribution in [3.63, 3.8) is 0 Å². The highest BCUT2D eigenvalue weighted by atomic mass is 16.3. The molecule has 0 saturated heterocycles. The Labute approximate surface area is 163 Å². The fourth-order valence-corrected chi connectivity index (χ4v) is 4.24. The second-order valence-corrected chi connectivity index (χ2v) is 8.94. The Bertz CT molecular complexity index is 425. The first-order valence-electron chi connectivity index (χ1n) is 11.2. The van der Waals surface area contributed by atoms with Crippen molar-refractivity contribution >= 4 is 0 Å². The van der Waals surface area contributed by atoms with Crippen molar-refractivity contribution in [1.29, 1.82) is 0 Å². The van der Waals surface area contributed by atoms with Gasteiger partial charge in [-0.3, -0.25) is 0 Å². The first kappa shape index (κ1) is 23.1. The van der Waals surface area contributed by atoms with Crippen molar-refractivity contribution < 1.29 is 5.11 Å². The molecule has 1 aliphatic carbocycles. The van der Waals surface area contributed by atoms with Gasteiger partial charge in [-0.05, 0) is 36.2 Å². The highest BCUT2D eigenvalue weighted by molar-refractivity contribution is 5.22. The van der Waals surface area contributed by atoms with Crippen molar-refractivity contribution in [2.45, 2.75) is 97.8 Å². The average Bonchev–Trinajstić information content (AvgIpc) is 2.63. The Hall–Kier alpha value is -0.980. The molecule has 0 aromatic heterocycles. The molecule has 2 atom stereocenters. The molecule has 26 heavy (non-hydrogen) atoms. The van der Waals surface area contributed by atoms with Gasteiger partial charge in [0.15, 0.2) is 0 Å². The van der Waals surface area contributed by atoms with E-state index in [1.807, 2.05) is 6.08 Å². The number of allylic oxidation sites excluding steroid dienone is 3. The van der Waals surface area contributed by atoms with E-state index in [2.05, 4.69) is 33.9 Å². The summed E-state index contributed by atoms with van der Waals surface area (Å²) in [5, 5.41) is 9.14. The molecule has 0 aromatic rings. The van der Waals surface area contributed by atoms with E-state index in [4.69, 9.17) is 5.11 Å². The largest absolute Gasteiger partial charge is 0.509 e. The summed E-state index contributed by atoms with van der Waals surface area (Å²) >= 11 is 0. The lowest BCUT2D eigenvalue weighted by Crippen LogP contribution is -2.15. The Kier molecular flexibility index (Phi) is 11.7. The zero-order valence-corrected chi connectivity index (χ0v) is 17.8. The van der Waals surface area contributed by atoms with E-state index in [9.17, 15) is 0 Å². The number of aliphatic hydroxyl groups excluding tert-OH is 1. The normalized spacial score (nSPS) is 23.0. The summed E-state index contributed by atoms with van der Waals surface area (Å²) in [6, 6.07) is 0. The Morgan fingerprint density at radius 3 is 2.12 bits per heavy atom. The Morgan fingerprint density at radius 1 is 0.923 bits per heavy atom. The number of rotatable bonds is 13. The van der Waals surface area contributed by atoms with Crippen LogP contribution in [0.25, 0.3) is 0 Å². The van der Waals surface area contributed by atoms with Crippen LogP contribution in [0.4, 0.5) is 0 Å². The number of hydrogen-bond acceptors (Lipinski definition) is 1. The van der Waals surface area contributed by atoms with E-state index in [1.54, 1.807) is 6.08 Å². The smallest absolute Gasteiger partial charge is 0.108 e. The SMILES string of the molecule is C=C(O)/C=C\C(=C)C(C)CCC(C)CCC1CCC(CCCCC)CC1. The standard InChI is InChI=1S/C25H44O/c1-6-7-8-9-24-16-18-25(19-17-24)15-11-20(2)10-12-21(3)22(4)13-14-23(5)26/h13-14,20-21,24-26H,4-12,15-19H2,1-3H3/b14-13-. The van der Waals surface area contributed by atoms with E-state index in [-0.39, 0.29) is 5.76 Å². The minimum Gasteiger partial charge on any atom is -0.509 e. The van der Waals surface area contributed by atoms with Crippen LogP contribution < -0.4 is 0 Å². The predicted octanol–water partition coefficient (Wildman–Crippen LogP) is 8.39. The van der Waals surface area contributed by atoms with Gasteiger partial charge in [0.1, 0.15) is 5.76 Å². The van der Waals surface area contributed by atoms with Crippen molar-refractivity contribution in [3.05, 3.63) is 36.6 Å². The van der Waals surface area contributed by atoms with Gasteiger partial charge in [-0.25, -0.2) is 0 Å². The van der Waals surface area contributed by atoms with Crippen LogP contribution in [-0.2, 0) is 0 Å². The maximum atomic E-state index is 9.14. The zero-order valence-electron chi connectivity index (χ0n) is 17.8. The first-order chi connectivity index (χ1) is 12.4. The maximum absolute atomic E-state index is 9.14. The molecule has 1 nitrogen and oxygen atoms in total. The van der Waals surface area contributed by atoms with Gasteiger partial charge in [-0.2, -0.15) is 0 Å². The summed E-state index contributed by atoms with van der Waals surface area (Å²) in [6.45, 7) is 14.6. The maximum Gasteiger partial charge on any atom is 0.108 e. The van der Waals surface area contributed by atoms with E-state index in [1.165, 1.54) is 77.0 Å². The highest BCUT2D eigenvalue weighted by Crippen LogP contribution is 2.35. The number of aliphatic hydroxyl groups is 1. The molecule has 1 saturated carbocycles. The van der Waals surface area contributed by atoms with Crippen LogP contribution in [0.15, 0.2) is 36.6 Å². The first-order valence-corrected chi connectivity index (χ1v) is 11.2. The van der Waals surface area contributed by atoms with Gasteiger partial charge in [0.25, 0.3) is 0 Å². The van der Waals surface area contributed by atoms with E-state index in [0.717, 1.165) is 23.3 Å². The lowest BCUT2D eigenvalue weighted by Gasteiger charge is -2.29. The molecule has 1 aliphatic rings. The molecule has 0 aromatic carbocycles. The molecule has 0 spiro atoms. The monoisotopic (exact) mass is 360 g/mol. The fourth-order valence-electron chi connectivity index (χ4n) is 4.24. The summed E-state index contributed by atoms with van der Waals surface area (Å²) in [4.78, 5) is 0. The lowest BCUT2D eigenvalue weighted by atomic mass is 9.77. The highest BCUT2D eigenvalue weighted by Gasteiger charge is 2.21. The molecule has 0 radical (unpaired) electrons. The van der Waals surface area contributed by atoms with E-state index >= 15 is 0 Å². The molecule has 1 rings (SSSR count). The molecule has 0 bridgehead atoms. The zero-order chi connectivity index (χ0) is 19.4. The van der Waals surface area contributed by atoms with E-state index < -0.39 is 0 Å². The van der Waals surface area contributed by atoms with Gasteiger partial charge in [0, 0.05) is 0 Å². The van der Waals surface area contributed by atoms with Gasteiger partial charge in [0.05, 0.1) is 0 Å². The topological polar surface area (TPSA) is 20.2 Å². The van der Waals surface area contributed by atoms with Gasteiger partial charge in [-0.15, -0.1) is 0 Å². The summed E-state index contributed by atoms with van der Waals surface area (Å²) in [5.74, 6) is 3.42. The Morgan fingerprint density at radius 2 is 1.54 bits per heavy atom. The predicted molar refractivity (Wildman–Crippen MR) is 116 cm³/mol. The fraction of sp³-hybridized carbons (Fsp3) is 0.760. The lowest BCUT2D eigenvalue weighted by molar-refractivity contribution is 0.236. The molecular weight excluding hydrogens is 316 g/mol. The summed E-state index contributed by atoms with van der Waals surface area (Å²) < 4.78 is 0. The molecular formula is C25H44O. The summed E-state index contributed by atoms with van der Waals surface area (Å²) in [6.07, 6.45) is 20.5. The third-order valence-corrected chi connectivity index (χ3v) is 6.47. The molecule has 0 heterocycles. The van der Waals surface area contributed by atoms with Crippen LogP contribution >= 0.6 is 0 Å². The van der Waals surface area contributed by atoms with Crippen LogP contribution in [0.5, 0.6) is 0 Å². The van der Waals surface area contributed by atoms with Crippen molar-refractivity contribution in [2.24, 2.45) is 23.7 Å². The second kappa shape index (κ2) is 13.2. The molecule has 0 aliphatic heterocycles. The van der Waals surface area contributed by atoms with Crippen LogP contribution in [0.2, 0.25) is 0 Å². The minimum absolute atomic E-state index is 0.104. The Balaban J connectivity index is 2.14. The molecule has 1 N–H and O–H groups in total. The van der Waals surface area contributed by atoms with Crippen LogP contribution in [0.1, 0.15) is 97.8 Å². The van der Waals surface area contributed by atoms with Crippen molar-refractivity contribution in [3.8, 4) is 0 Å². The van der Waals surface area contributed by atoms with Gasteiger partial charge in [0.2, 0.25) is 0 Å². The number of unbranched alkanes of at least 4 members (excludes halogenated alkanes) is 2. The molecule has 150 valence electrons. The minimum atomic E-state index is 0.104. The van der Waals surface area contributed by atoms with Gasteiger partial charge >= 0.3 is 0 Å². The average molecular weight is 361 g/mol. The van der Waals surface area contributed by atoms with E-state index in [0.29, 0.717) is 5.92 Å². The molecule has 0 amide bonds. The molecule has 1 fully saturated rings. The third kappa shape index (κ3) is 10.2. The number of hydrogen-bond donors (Lipinski definition) is 1.